The maximum absolute atomic E-state index is 13.3. The molecule has 10 nitrogen and oxygen atoms in total. The number of hydrogen-bond acceptors (Lipinski definition) is 8. The van der Waals surface area contributed by atoms with Gasteiger partial charge in [-0.3, -0.25) is 29.4 Å². The minimum Gasteiger partial charge on any atom is -0.361 e. The fourth-order valence-electron chi connectivity index (χ4n) is 3.61. The van der Waals surface area contributed by atoms with Crippen molar-refractivity contribution in [1.29, 1.82) is 0 Å². The Morgan fingerprint density at radius 1 is 1.21 bits per heavy atom. The van der Waals surface area contributed by atoms with E-state index in [0.717, 1.165) is 17.0 Å². The Bertz CT molecular complexity index is 1190. The third kappa shape index (κ3) is 4.21. The summed E-state index contributed by atoms with van der Waals surface area (Å²) in [7, 11) is 1.44. The number of carbonyl (C=O) groups is 4. The monoisotopic (exact) mass is 463 g/mol. The molecule has 33 heavy (non-hydrogen) atoms. The highest BCUT2D eigenvalue weighted by Gasteiger charge is 2.43. The summed E-state index contributed by atoms with van der Waals surface area (Å²) >= 11 is 0. The Labute approximate surface area is 184 Å². The number of piperidine rings is 1. The van der Waals surface area contributed by atoms with Crippen LogP contribution < -0.4 is 5.32 Å². The molecule has 1 unspecified atom stereocenters. The predicted molar refractivity (Wildman–Crippen MR) is 102 cm³/mol. The van der Waals surface area contributed by atoms with Crippen LogP contribution in [0.25, 0.3) is 11.4 Å². The van der Waals surface area contributed by atoms with Crippen LogP contribution >= 0.6 is 0 Å². The van der Waals surface area contributed by atoms with Crippen LogP contribution in [0.15, 0.2) is 40.6 Å². The van der Waals surface area contributed by atoms with Crippen molar-refractivity contribution in [3.05, 3.63) is 47.5 Å². The summed E-state index contributed by atoms with van der Waals surface area (Å²) in [6, 6.07) is 3.64. The highest BCUT2D eigenvalue weighted by atomic mass is 19.4. The van der Waals surface area contributed by atoms with Crippen molar-refractivity contribution in [3.8, 4) is 11.4 Å². The van der Waals surface area contributed by atoms with Crippen LogP contribution in [0.1, 0.15) is 24.3 Å². The lowest BCUT2D eigenvalue weighted by molar-refractivity contribution is -0.150. The number of rotatable bonds is 5. The molecule has 0 aliphatic carbocycles. The third-order valence-electron chi connectivity index (χ3n) is 5.18. The lowest BCUT2D eigenvalue weighted by Crippen LogP contribution is -2.54. The Kier molecular flexibility index (Phi) is 5.47. The molecule has 13 heteroatoms. The van der Waals surface area contributed by atoms with E-state index in [4.69, 9.17) is 4.52 Å². The van der Waals surface area contributed by atoms with Gasteiger partial charge in [-0.1, -0.05) is 23.4 Å². The van der Waals surface area contributed by atoms with E-state index in [1.807, 2.05) is 0 Å². The summed E-state index contributed by atoms with van der Waals surface area (Å²) in [5.74, 6) is -3.07. The largest absolute Gasteiger partial charge is 0.417 e. The van der Waals surface area contributed by atoms with E-state index in [-0.39, 0.29) is 42.4 Å². The van der Waals surface area contributed by atoms with Crippen LogP contribution in [-0.2, 0) is 31.9 Å². The molecule has 1 atom stereocenters. The van der Waals surface area contributed by atoms with Gasteiger partial charge < -0.3 is 9.42 Å². The van der Waals surface area contributed by atoms with E-state index in [9.17, 15) is 32.3 Å². The zero-order valence-corrected chi connectivity index (χ0v) is 17.0. The number of aromatic nitrogens is 2. The molecular formula is C20H16F3N5O5. The van der Waals surface area contributed by atoms with Gasteiger partial charge in [-0.25, -0.2) is 0 Å². The Morgan fingerprint density at radius 3 is 2.64 bits per heavy atom. The average molecular weight is 463 g/mol. The number of amides is 4. The van der Waals surface area contributed by atoms with Gasteiger partial charge in [0.25, 0.3) is 11.8 Å². The average Bonchev–Trinajstić information content (AvgIpc) is 3.32. The fraction of sp³-hybridized carbons (Fsp3) is 0.300. The Balaban J connectivity index is 1.50. The van der Waals surface area contributed by atoms with Crippen molar-refractivity contribution in [1.82, 2.24) is 25.3 Å². The maximum Gasteiger partial charge on any atom is 0.417 e. The molecule has 2 aliphatic rings. The number of benzene rings is 1. The quantitative estimate of drug-likeness (QED) is 0.657. The highest BCUT2D eigenvalue weighted by Crippen LogP contribution is 2.36. The second kappa shape index (κ2) is 8.15. The Hall–Kier alpha value is -4.03. The van der Waals surface area contributed by atoms with Crippen LogP contribution in [-0.4, -0.2) is 56.7 Å². The van der Waals surface area contributed by atoms with E-state index in [1.165, 1.54) is 30.1 Å². The van der Waals surface area contributed by atoms with Gasteiger partial charge in [0.1, 0.15) is 11.7 Å². The molecule has 172 valence electrons. The summed E-state index contributed by atoms with van der Waals surface area (Å²) in [5, 5.41) is 5.69. The van der Waals surface area contributed by atoms with Crippen molar-refractivity contribution < 1.29 is 36.9 Å². The van der Waals surface area contributed by atoms with Gasteiger partial charge >= 0.3 is 6.18 Å². The molecule has 0 spiro atoms. The van der Waals surface area contributed by atoms with Crippen LogP contribution in [0, 0.1) is 0 Å². The minimum atomic E-state index is -4.62. The van der Waals surface area contributed by atoms with Gasteiger partial charge in [0.15, 0.2) is 0 Å². The van der Waals surface area contributed by atoms with Crippen LogP contribution in [0.3, 0.4) is 0 Å². The normalized spacial score (nSPS) is 19.1. The number of carbonyl (C=O) groups excluding carboxylic acids is 4. The Morgan fingerprint density at radius 2 is 1.94 bits per heavy atom. The molecule has 4 rings (SSSR count). The van der Waals surface area contributed by atoms with Gasteiger partial charge in [0.2, 0.25) is 23.5 Å². The highest BCUT2D eigenvalue weighted by molar-refractivity contribution is 6.18. The summed E-state index contributed by atoms with van der Waals surface area (Å²) in [5.41, 5.74) is -1.26. The maximum atomic E-state index is 13.3. The molecule has 0 saturated carbocycles. The van der Waals surface area contributed by atoms with Crippen molar-refractivity contribution in [3.63, 3.8) is 0 Å². The van der Waals surface area contributed by atoms with Crippen LogP contribution in [0.4, 0.5) is 13.2 Å². The molecule has 1 aromatic heterocycles. The lowest BCUT2D eigenvalue weighted by Gasteiger charge is -2.29. The number of likely N-dealkylation sites (N-methyl/N-ethyl adjacent to an activating group) is 1. The van der Waals surface area contributed by atoms with E-state index in [2.05, 4.69) is 15.5 Å². The molecule has 1 fully saturated rings. The van der Waals surface area contributed by atoms with Crippen molar-refractivity contribution in [2.24, 2.45) is 0 Å². The molecule has 0 radical (unpaired) electrons. The van der Waals surface area contributed by atoms with E-state index in [0.29, 0.717) is 0 Å². The minimum absolute atomic E-state index is 0.0111. The van der Waals surface area contributed by atoms with Crippen molar-refractivity contribution in [2.45, 2.75) is 31.6 Å². The first-order valence-corrected chi connectivity index (χ1v) is 9.69. The molecule has 3 heterocycles. The third-order valence-corrected chi connectivity index (χ3v) is 5.18. The molecular weight excluding hydrogens is 447 g/mol. The van der Waals surface area contributed by atoms with Crippen molar-refractivity contribution >= 4 is 23.6 Å². The zero-order chi connectivity index (χ0) is 23.9. The van der Waals surface area contributed by atoms with Crippen LogP contribution in [0.5, 0.6) is 0 Å². The van der Waals surface area contributed by atoms with Crippen molar-refractivity contribution in [2.75, 3.05) is 7.05 Å². The fourth-order valence-corrected chi connectivity index (χ4v) is 3.61. The van der Waals surface area contributed by atoms with Gasteiger partial charge in [-0.05, 0) is 12.5 Å². The summed E-state index contributed by atoms with van der Waals surface area (Å²) in [4.78, 5) is 54.6. The van der Waals surface area contributed by atoms with Gasteiger partial charge in [-0.2, -0.15) is 18.2 Å². The summed E-state index contributed by atoms with van der Waals surface area (Å²) < 4.78 is 44.8. The number of nitrogens with one attached hydrogen (secondary N) is 1. The molecule has 1 N–H and O–H groups in total. The van der Waals surface area contributed by atoms with E-state index >= 15 is 0 Å². The molecule has 1 aromatic carbocycles. The first-order valence-electron chi connectivity index (χ1n) is 9.69. The van der Waals surface area contributed by atoms with Gasteiger partial charge in [-0.15, -0.1) is 0 Å². The second-order valence-electron chi connectivity index (χ2n) is 7.42. The van der Waals surface area contributed by atoms with E-state index < -0.39 is 41.4 Å². The molecule has 2 aromatic rings. The first-order chi connectivity index (χ1) is 15.6. The molecule has 0 bridgehead atoms. The molecule has 4 amide bonds. The topological polar surface area (TPSA) is 126 Å². The molecule has 2 aliphatic heterocycles. The smallest absolute Gasteiger partial charge is 0.361 e. The van der Waals surface area contributed by atoms with Gasteiger partial charge in [0.05, 0.1) is 12.1 Å². The number of alkyl halides is 3. The SMILES string of the molecule is CN(Cc1nc(-c2ccccc2C(F)(F)F)no1)C1=CC(=O)N(C2CCC(=O)NC2=O)C1=O. The standard InChI is InChI=1S/C20H16F3N5O5/c1-27(13-8-16(30)28(19(13)32)12-6-7-14(29)24-18(12)31)9-15-25-17(26-33-15)10-4-2-3-5-11(10)20(21,22)23/h2-5,8,12H,6-7,9H2,1H3,(H,24,29,31). The zero-order valence-electron chi connectivity index (χ0n) is 17.0. The van der Waals surface area contributed by atoms with E-state index in [1.54, 1.807) is 0 Å². The van der Waals surface area contributed by atoms with Gasteiger partial charge in [0, 0.05) is 25.1 Å². The number of nitrogens with zero attached hydrogens (tertiary/aromatic N) is 4. The number of imide groups is 2. The predicted octanol–water partition coefficient (Wildman–Crippen LogP) is 1.25. The number of hydrogen-bond donors (Lipinski definition) is 1. The molecule has 1 saturated heterocycles. The lowest BCUT2D eigenvalue weighted by atomic mass is 10.0. The second-order valence-corrected chi connectivity index (χ2v) is 7.42. The summed E-state index contributed by atoms with van der Waals surface area (Å²) in [6.07, 6.45) is -3.58. The first kappa shape index (κ1) is 22.2. The van der Waals surface area contributed by atoms with Crippen LogP contribution in [0.2, 0.25) is 0 Å². The number of halogens is 3. The summed E-state index contributed by atoms with van der Waals surface area (Å²) in [6.45, 7) is -0.185.